The Hall–Kier alpha value is -2.73. The predicted octanol–water partition coefficient (Wildman–Crippen LogP) is -2.55. The molecule has 148 valence electrons. The molecule has 0 spiro atoms. The third kappa shape index (κ3) is 9.54. The topological polar surface area (TPSA) is 222 Å². The first kappa shape index (κ1) is 23.3. The molecule has 3 atom stereocenters. The van der Waals surface area contributed by atoms with Gasteiger partial charge in [0.2, 0.25) is 11.8 Å². The van der Waals surface area contributed by atoms with Gasteiger partial charge < -0.3 is 37.4 Å². The standard InChI is InChI=1S/C14H24N4O8/c15-4-2-1-3-8(17-12(23)7(16)5-10(19)20)13(24)18-9(14(25)26)6-11(21)22/h7-9H,1-6,15-16H2,(H,17,23)(H,18,24)(H,19,20)(H,21,22)(H,25,26)/t7-,8-,9-/m0/s1. The lowest BCUT2D eigenvalue weighted by Crippen LogP contribution is -2.55. The molecule has 12 nitrogen and oxygen atoms in total. The van der Waals surface area contributed by atoms with Crippen molar-refractivity contribution in [2.75, 3.05) is 6.54 Å². The molecule has 0 aromatic carbocycles. The van der Waals surface area contributed by atoms with E-state index >= 15 is 0 Å². The van der Waals surface area contributed by atoms with E-state index in [0.29, 0.717) is 19.4 Å². The molecule has 0 rings (SSSR count). The van der Waals surface area contributed by atoms with Crippen molar-refractivity contribution in [3.63, 3.8) is 0 Å². The van der Waals surface area contributed by atoms with Gasteiger partial charge in [-0.05, 0) is 25.8 Å². The molecule has 0 radical (unpaired) electrons. The van der Waals surface area contributed by atoms with Crippen molar-refractivity contribution in [2.24, 2.45) is 11.5 Å². The van der Waals surface area contributed by atoms with Crippen molar-refractivity contribution >= 4 is 29.7 Å². The minimum absolute atomic E-state index is 0.0912. The van der Waals surface area contributed by atoms with Gasteiger partial charge in [-0.2, -0.15) is 0 Å². The molecule has 0 heterocycles. The number of nitrogens with one attached hydrogen (secondary N) is 2. The van der Waals surface area contributed by atoms with E-state index in [2.05, 4.69) is 5.32 Å². The highest BCUT2D eigenvalue weighted by molar-refractivity contribution is 5.93. The van der Waals surface area contributed by atoms with Crippen LogP contribution in [0.15, 0.2) is 0 Å². The van der Waals surface area contributed by atoms with Crippen molar-refractivity contribution in [2.45, 2.75) is 50.2 Å². The largest absolute Gasteiger partial charge is 0.481 e. The van der Waals surface area contributed by atoms with Crippen LogP contribution in [-0.2, 0) is 24.0 Å². The van der Waals surface area contributed by atoms with E-state index in [0.717, 1.165) is 0 Å². The van der Waals surface area contributed by atoms with E-state index in [4.69, 9.17) is 26.8 Å². The monoisotopic (exact) mass is 376 g/mol. The normalized spacial score (nSPS) is 13.9. The van der Waals surface area contributed by atoms with Gasteiger partial charge in [-0.3, -0.25) is 19.2 Å². The Morgan fingerprint density at radius 3 is 1.81 bits per heavy atom. The fourth-order valence-electron chi connectivity index (χ4n) is 1.97. The lowest BCUT2D eigenvalue weighted by molar-refractivity contribution is -0.147. The first-order valence-corrected chi connectivity index (χ1v) is 7.81. The number of amides is 2. The predicted molar refractivity (Wildman–Crippen MR) is 86.9 cm³/mol. The van der Waals surface area contributed by atoms with E-state index in [9.17, 15) is 24.0 Å². The van der Waals surface area contributed by atoms with Crippen LogP contribution in [-0.4, -0.2) is 69.7 Å². The molecular weight excluding hydrogens is 352 g/mol. The highest BCUT2D eigenvalue weighted by atomic mass is 16.4. The first-order chi connectivity index (χ1) is 12.1. The zero-order valence-corrected chi connectivity index (χ0v) is 14.0. The number of carbonyl (C=O) groups is 5. The van der Waals surface area contributed by atoms with Gasteiger partial charge in [-0.1, -0.05) is 0 Å². The second-order valence-corrected chi connectivity index (χ2v) is 5.55. The molecular formula is C14H24N4O8. The van der Waals surface area contributed by atoms with Crippen LogP contribution in [0.3, 0.4) is 0 Å². The molecule has 0 aliphatic heterocycles. The molecule has 9 N–H and O–H groups in total. The fourth-order valence-corrected chi connectivity index (χ4v) is 1.97. The summed E-state index contributed by atoms with van der Waals surface area (Å²) in [7, 11) is 0. The van der Waals surface area contributed by atoms with Gasteiger partial charge in [0, 0.05) is 0 Å². The number of carbonyl (C=O) groups excluding carboxylic acids is 2. The van der Waals surface area contributed by atoms with Gasteiger partial charge in [0.15, 0.2) is 0 Å². The van der Waals surface area contributed by atoms with Crippen LogP contribution in [0.5, 0.6) is 0 Å². The second-order valence-electron chi connectivity index (χ2n) is 5.55. The molecule has 0 fully saturated rings. The van der Waals surface area contributed by atoms with E-state index in [-0.39, 0.29) is 6.42 Å². The number of hydrogen-bond acceptors (Lipinski definition) is 7. The van der Waals surface area contributed by atoms with Crippen LogP contribution in [0.25, 0.3) is 0 Å². The zero-order valence-electron chi connectivity index (χ0n) is 14.0. The number of hydrogen-bond donors (Lipinski definition) is 7. The molecule has 0 aliphatic carbocycles. The van der Waals surface area contributed by atoms with E-state index in [1.54, 1.807) is 0 Å². The number of carboxylic acids is 3. The van der Waals surface area contributed by atoms with Gasteiger partial charge in [-0.15, -0.1) is 0 Å². The minimum Gasteiger partial charge on any atom is -0.481 e. The maximum Gasteiger partial charge on any atom is 0.326 e. The summed E-state index contributed by atoms with van der Waals surface area (Å²) in [5, 5.41) is 30.6. The van der Waals surface area contributed by atoms with Crippen molar-refractivity contribution in [1.82, 2.24) is 10.6 Å². The van der Waals surface area contributed by atoms with Crippen molar-refractivity contribution in [3.05, 3.63) is 0 Å². The molecule has 2 amide bonds. The molecule has 0 aromatic rings. The summed E-state index contributed by atoms with van der Waals surface area (Å²) in [6.07, 6.45) is -0.463. The molecule has 26 heavy (non-hydrogen) atoms. The number of aliphatic carboxylic acids is 3. The van der Waals surface area contributed by atoms with Crippen LogP contribution in [0.4, 0.5) is 0 Å². The highest BCUT2D eigenvalue weighted by Gasteiger charge is 2.29. The van der Waals surface area contributed by atoms with E-state index in [1.165, 1.54) is 0 Å². The van der Waals surface area contributed by atoms with E-state index in [1.807, 2.05) is 5.32 Å². The summed E-state index contributed by atoms with van der Waals surface area (Å²) >= 11 is 0. The molecule has 12 heteroatoms. The van der Waals surface area contributed by atoms with Gasteiger partial charge >= 0.3 is 17.9 Å². The number of unbranched alkanes of at least 4 members (excludes halogenated alkanes) is 1. The van der Waals surface area contributed by atoms with Crippen molar-refractivity contribution in [3.8, 4) is 0 Å². The lowest BCUT2D eigenvalue weighted by atomic mass is 10.1. The quantitative estimate of drug-likeness (QED) is 0.167. The van der Waals surface area contributed by atoms with Gasteiger partial charge in [0.1, 0.15) is 12.1 Å². The molecule has 0 saturated heterocycles. The number of rotatable bonds is 13. The Balaban J connectivity index is 5.05. The molecule has 0 bridgehead atoms. The lowest BCUT2D eigenvalue weighted by Gasteiger charge is -2.22. The molecule has 0 aromatic heterocycles. The Bertz CT molecular complexity index is 539. The van der Waals surface area contributed by atoms with Crippen LogP contribution < -0.4 is 22.1 Å². The van der Waals surface area contributed by atoms with Crippen LogP contribution in [0.2, 0.25) is 0 Å². The second kappa shape index (κ2) is 11.8. The third-order valence-corrected chi connectivity index (χ3v) is 3.30. The summed E-state index contributed by atoms with van der Waals surface area (Å²) in [5.41, 5.74) is 10.8. The van der Waals surface area contributed by atoms with Gasteiger partial charge in [0.25, 0.3) is 0 Å². The summed E-state index contributed by atoms with van der Waals surface area (Å²) in [6.45, 7) is 0.331. The van der Waals surface area contributed by atoms with Gasteiger partial charge in [0.05, 0.1) is 18.9 Å². The number of nitrogens with two attached hydrogens (primary N) is 2. The minimum atomic E-state index is -1.68. The zero-order chi connectivity index (χ0) is 20.3. The van der Waals surface area contributed by atoms with Crippen molar-refractivity contribution in [1.29, 1.82) is 0 Å². The molecule has 0 unspecified atom stereocenters. The van der Waals surface area contributed by atoms with E-state index < -0.39 is 60.7 Å². The average molecular weight is 376 g/mol. The summed E-state index contributed by atoms with van der Waals surface area (Å²) in [5.74, 6) is -6.08. The van der Waals surface area contributed by atoms with Crippen LogP contribution in [0, 0.1) is 0 Å². The third-order valence-electron chi connectivity index (χ3n) is 3.30. The van der Waals surface area contributed by atoms with Crippen molar-refractivity contribution < 1.29 is 39.3 Å². The highest BCUT2D eigenvalue weighted by Crippen LogP contribution is 2.04. The summed E-state index contributed by atoms with van der Waals surface area (Å²) in [4.78, 5) is 56.5. The molecule has 0 saturated carbocycles. The maximum absolute atomic E-state index is 12.2. The smallest absolute Gasteiger partial charge is 0.326 e. The Labute approximate surface area is 148 Å². The Kier molecular flexibility index (Phi) is 10.5. The Morgan fingerprint density at radius 2 is 1.35 bits per heavy atom. The average Bonchev–Trinajstić information content (AvgIpc) is 2.51. The summed E-state index contributed by atoms with van der Waals surface area (Å²) < 4.78 is 0. The van der Waals surface area contributed by atoms with Crippen LogP contribution >= 0.6 is 0 Å². The fraction of sp³-hybridized carbons (Fsp3) is 0.643. The SMILES string of the molecule is NCCCC[C@H](NC(=O)[C@@H](N)CC(=O)O)C(=O)N[C@@H](CC(=O)O)C(=O)O. The Morgan fingerprint density at radius 1 is 0.808 bits per heavy atom. The van der Waals surface area contributed by atoms with Crippen LogP contribution in [0.1, 0.15) is 32.1 Å². The maximum atomic E-state index is 12.2. The number of carboxylic acid groups (broad SMARTS) is 3. The first-order valence-electron chi connectivity index (χ1n) is 7.81. The molecule has 0 aliphatic rings. The van der Waals surface area contributed by atoms with Gasteiger partial charge in [-0.25, -0.2) is 4.79 Å². The summed E-state index contributed by atoms with van der Waals surface area (Å²) in [6, 6.07) is -4.28.